The zero-order valence-corrected chi connectivity index (χ0v) is 15.2. The quantitative estimate of drug-likeness (QED) is 0.705. The number of amides is 1. The van der Waals surface area contributed by atoms with Crippen LogP contribution in [0.25, 0.3) is 11.0 Å². The number of carbonyl (C=O) groups is 1. The van der Waals surface area contributed by atoms with Gasteiger partial charge in [-0.05, 0) is 30.5 Å². The standard InChI is InChI=1S/C21H24N4O2/c26-20(19-15-22-12-14-27-19)24-21-23-17-10-4-5-11-18(17)25(21)13-6-9-16-7-2-1-3-8-16/h1-5,7-8,10-11,19,22H,6,9,12-15H2,(H,23,24,26). The van der Waals surface area contributed by atoms with Gasteiger partial charge >= 0.3 is 0 Å². The minimum atomic E-state index is -0.476. The number of anilines is 1. The molecule has 6 heteroatoms. The SMILES string of the molecule is O=C(Nc1nc2ccccc2n1CCCc1ccccc1)C1CNCCO1. The van der Waals surface area contributed by atoms with Crippen LogP contribution in [0.1, 0.15) is 12.0 Å². The lowest BCUT2D eigenvalue weighted by Gasteiger charge is -2.22. The van der Waals surface area contributed by atoms with Crippen molar-refractivity contribution in [1.82, 2.24) is 14.9 Å². The fraction of sp³-hybridized carbons (Fsp3) is 0.333. The van der Waals surface area contributed by atoms with Crippen LogP contribution in [0, 0.1) is 0 Å². The minimum absolute atomic E-state index is 0.151. The fourth-order valence-corrected chi connectivity index (χ4v) is 3.41. The Bertz CT molecular complexity index is 901. The van der Waals surface area contributed by atoms with E-state index in [1.165, 1.54) is 5.56 Å². The van der Waals surface area contributed by atoms with Gasteiger partial charge in [0.15, 0.2) is 0 Å². The molecule has 2 heterocycles. The molecular weight excluding hydrogens is 340 g/mol. The lowest BCUT2D eigenvalue weighted by Crippen LogP contribution is -2.45. The highest BCUT2D eigenvalue weighted by Crippen LogP contribution is 2.21. The second-order valence-corrected chi connectivity index (χ2v) is 6.72. The third-order valence-electron chi connectivity index (χ3n) is 4.80. The number of carbonyl (C=O) groups excluding carboxylic acids is 1. The lowest BCUT2D eigenvalue weighted by atomic mass is 10.1. The first-order valence-electron chi connectivity index (χ1n) is 9.43. The summed E-state index contributed by atoms with van der Waals surface area (Å²) in [6, 6.07) is 18.4. The molecule has 0 aliphatic carbocycles. The van der Waals surface area contributed by atoms with E-state index in [-0.39, 0.29) is 5.91 Å². The Morgan fingerprint density at radius 3 is 2.81 bits per heavy atom. The number of nitrogens with zero attached hydrogens (tertiary/aromatic N) is 2. The van der Waals surface area contributed by atoms with E-state index in [0.717, 1.165) is 37.0 Å². The first-order valence-corrected chi connectivity index (χ1v) is 9.43. The van der Waals surface area contributed by atoms with Gasteiger partial charge in [-0.15, -0.1) is 0 Å². The van der Waals surface area contributed by atoms with Gasteiger partial charge in [-0.25, -0.2) is 4.98 Å². The Morgan fingerprint density at radius 2 is 2.00 bits per heavy atom. The number of hydrogen-bond donors (Lipinski definition) is 2. The average molecular weight is 364 g/mol. The van der Waals surface area contributed by atoms with E-state index < -0.39 is 6.10 Å². The van der Waals surface area contributed by atoms with E-state index in [2.05, 4.69) is 44.5 Å². The van der Waals surface area contributed by atoms with Crippen LogP contribution >= 0.6 is 0 Å². The van der Waals surface area contributed by atoms with Gasteiger partial charge in [0.2, 0.25) is 5.95 Å². The third-order valence-corrected chi connectivity index (χ3v) is 4.80. The summed E-state index contributed by atoms with van der Waals surface area (Å²) in [4.78, 5) is 17.2. The summed E-state index contributed by atoms with van der Waals surface area (Å²) in [5.41, 5.74) is 3.23. The van der Waals surface area contributed by atoms with Crippen LogP contribution in [-0.2, 0) is 22.5 Å². The molecule has 0 spiro atoms. The van der Waals surface area contributed by atoms with Crippen LogP contribution in [0.3, 0.4) is 0 Å². The first-order chi connectivity index (χ1) is 13.3. The Morgan fingerprint density at radius 1 is 1.19 bits per heavy atom. The van der Waals surface area contributed by atoms with Crippen LogP contribution < -0.4 is 10.6 Å². The summed E-state index contributed by atoms with van der Waals surface area (Å²) in [5.74, 6) is 0.435. The predicted molar refractivity (Wildman–Crippen MR) is 106 cm³/mol. The van der Waals surface area contributed by atoms with E-state index in [9.17, 15) is 4.79 Å². The number of nitrogens with one attached hydrogen (secondary N) is 2. The highest BCUT2D eigenvalue weighted by Gasteiger charge is 2.23. The maximum atomic E-state index is 12.6. The molecule has 1 unspecified atom stereocenters. The Kier molecular flexibility index (Phi) is 5.46. The molecule has 0 bridgehead atoms. The molecule has 1 aliphatic heterocycles. The molecule has 0 saturated carbocycles. The molecule has 4 rings (SSSR count). The van der Waals surface area contributed by atoms with Crippen LogP contribution in [0.15, 0.2) is 54.6 Å². The number of ether oxygens (including phenoxy) is 1. The van der Waals surface area contributed by atoms with Gasteiger partial charge in [-0.1, -0.05) is 42.5 Å². The molecule has 1 fully saturated rings. The highest BCUT2D eigenvalue weighted by molar-refractivity contribution is 5.94. The summed E-state index contributed by atoms with van der Waals surface area (Å²) >= 11 is 0. The zero-order valence-electron chi connectivity index (χ0n) is 15.2. The van der Waals surface area contributed by atoms with Crippen molar-refractivity contribution in [3.05, 3.63) is 60.2 Å². The topological polar surface area (TPSA) is 68.2 Å². The zero-order chi connectivity index (χ0) is 18.5. The number of imidazole rings is 1. The van der Waals surface area contributed by atoms with Crippen molar-refractivity contribution in [2.45, 2.75) is 25.5 Å². The predicted octanol–water partition coefficient (Wildman–Crippen LogP) is 2.60. The highest BCUT2D eigenvalue weighted by atomic mass is 16.5. The van der Waals surface area contributed by atoms with Gasteiger partial charge in [0, 0.05) is 19.6 Å². The van der Waals surface area contributed by atoms with E-state index in [1.54, 1.807) is 0 Å². The van der Waals surface area contributed by atoms with Gasteiger partial charge in [0.05, 0.1) is 17.6 Å². The average Bonchev–Trinajstić information content (AvgIpc) is 3.07. The normalized spacial score (nSPS) is 17.1. The van der Waals surface area contributed by atoms with E-state index in [0.29, 0.717) is 19.1 Å². The van der Waals surface area contributed by atoms with E-state index >= 15 is 0 Å². The smallest absolute Gasteiger partial charge is 0.257 e. The summed E-state index contributed by atoms with van der Waals surface area (Å²) in [6.07, 6.45) is 1.47. The summed E-state index contributed by atoms with van der Waals surface area (Å²) in [6.45, 7) is 2.64. The number of morpholine rings is 1. The third kappa shape index (κ3) is 4.18. The molecule has 0 radical (unpaired) electrons. The number of aryl methyl sites for hydroxylation is 2. The molecule has 140 valence electrons. The number of benzene rings is 2. The number of rotatable bonds is 6. The monoisotopic (exact) mass is 364 g/mol. The van der Waals surface area contributed by atoms with Crippen LogP contribution in [0.4, 0.5) is 5.95 Å². The molecular formula is C21H24N4O2. The van der Waals surface area contributed by atoms with Gasteiger partial charge in [-0.2, -0.15) is 0 Å². The molecule has 1 aliphatic rings. The Hall–Kier alpha value is -2.70. The molecule has 3 aromatic rings. The van der Waals surface area contributed by atoms with Crippen LogP contribution in [0.5, 0.6) is 0 Å². The summed E-state index contributed by atoms with van der Waals surface area (Å²) in [7, 11) is 0. The first kappa shape index (κ1) is 17.7. The van der Waals surface area contributed by atoms with Crippen molar-refractivity contribution in [1.29, 1.82) is 0 Å². The molecule has 6 nitrogen and oxygen atoms in total. The molecule has 1 saturated heterocycles. The van der Waals surface area contributed by atoms with Gasteiger partial charge < -0.3 is 14.6 Å². The summed E-state index contributed by atoms with van der Waals surface area (Å²) in [5, 5.41) is 6.15. The second-order valence-electron chi connectivity index (χ2n) is 6.72. The lowest BCUT2D eigenvalue weighted by molar-refractivity contribution is -0.128. The second kappa shape index (κ2) is 8.33. The fourth-order valence-electron chi connectivity index (χ4n) is 3.41. The minimum Gasteiger partial charge on any atom is -0.366 e. The van der Waals surface area contributed by atoms with Crippen molar-refractivity contribution in [3.8, 4) is 0 Å². The number of aromatic nitrogens is 2. The van der Waals surface area contributed by atoms with E-state index in [4.69, 9.17) is 4.74 Å². The molecule has 2 N–H and O–H groups in total. The van der Waals surface area contributed by atoms with E-state index in [1.807, 2.05) is 30.3 Å². The molecule has 1 aromatic heterocycles. The maximum Gasteiger partial charge on any atom is 0.257 e. The van der Waals surface area contributed by atoms with Crippen molar-refractivity contribution < 1.29 is 9.53 Å². The van der Waals surface area contributed by atoms with Crippen molar-refractivity contribution in [2.75, 3.05) is 25.0 Å². The van der Waals surface area contributed by atoms with Crippen molar-refractivity contribution >= 4 is 22.9 Å². The van der Waals surface area contributed by atoms with Gasteiger partial charge in [0.25, 0.3) is 5.91 Å². The van der Waals surface area contributed by atoms with Crippen LogP contribution in [-0.4, -0.2) is 41.3 Å². The number of para-hydroxylation sites is 2. The molecule has 1 amide bonds. The van der Waals surface area contributed by atoms with Gasteiger partial charge in [0.1, 0.15) is 6.10 Å². The summed E-state index contributed by atoms with van der Waals surface area (Å²) < 4.78 is 7.64. The maximum absolute atomic E-state index is 12.6. The molecule has 1 atom stereocenters. The largest absolute Gasteiger partial charge is 0.366 e. The molecule has 27 heavy (non-hydrogen) atoms. The Labute approximate surface area is 158 Å². The van der Waals surface area contributed by atoms with Crippen LogP contribution in [0.2, 0.25) is 0 Å². The van der Waals surface area contributed by atoms with Crippen molar-refractivity contribution in [3.63, 3.8) is 0 Å². The van der Waals surface area contributed by atoms with Gasteiger partial charge in [-0.3, -0.25) is 10.1 Å². The Balaban J connectivity index is 1.51. The van der Waals surface area contributed by atoms with Crippen molar-refractivity contribution in [2.24, 2.45) is 0 Å². The number of fused-ring (bicyclic) bond motifs is 1. The number of hydrogen-bond acceptors (Lipinski definition) is 4. The molecule has 2 aromatic carbocycles.